The molecule has 1 saturated heterocycles. The summed E-state index contributed by atoms with van der Waals surface area (Å²) in [5.41, 5.74) is 0. The Morgan fingerprint density at radius 1 is 1.57 bits per heavy atom. The molecule has 1 fully saturated rings. The first-order chi connectivity index (χ1) is 6.65. The Kier molecular flexibility index (Phi) is 3.88. The highest BCUT2D eigenvalue weighted by molar-refractivity contribution is 5.85. The number of carbonyl (C=O) groups excluding carboxylic acids is 2. The summed E-state index contributed by atoms with van der Waals surface area (Å²) in [6, 6.07) is -0.0837. The molecular formula is C9H16N2O3. The summed E-state index contributed by atoms with van der Waals surface area (Å²) in [6.45, 7) is 0.899. The largest absolute Gasteiger partial charge is 0.468 e. The maximum absolute atomic E-state index is 11.5. The number of carbonyl (C=O) groups is 2. The lowest BCUT2D eigenvalue weighted by atomic mass is 10.2. The third-order valence-corrected chi connectivity index (χ3v) is 2.46. The summed E-state index contributed by atoms with van der Waals surface area (Å²) in [5.74, 6) is -0.505. The van der Waals surface area contributed by atoms with Crippen molar-refractivity contribution in [1.82, 2.24) is 10.2 Å². The van der Waals surface area contributed by atoms with Crippen molar-refractivity contribution in [3.63, 3.8) is 0 Å². The second-order valence-corrected chi connectivity index (χ2v) is 3.43. The maximum Gasteiger partial charge on any atom is 0.325 e. The molecule has 0 spiro atoms. The SMILES string of the molecule is COC(=O)CNC(=O)[C@@H]1CCCN1C. The van der Waals surface area contributed by atoms with E-state index in [1.165, 1.54) is 7.11 Å². The van der Waals surface area contributed by atoms with E-state index in [1.807, 2.05) is 11.9 Å². The van der Waals surface area contributed by atoms with Crippen LogP contribution in [-0.4, -0.2) is 50.1 Å². The van der Waals surface area contributed by atoms with E-state index >= 15 is 0 Å². The first-order valence-corrected chi connectivity index (χ1v) is 4.70. The molecule has 0 unspecified atom stereocenters. The van der Waals surface area contributed by atoms with Crippen molar-refractivity contribution in [2.75, 3.05) is 27.2 Å². The van der Waals surface area contributed by atoms with Crippen LogP contribution < -0.4 is 5.32 Å². The second kappa shape index (κ2) is 4.95. The molecule has 1 rings (SSSR count). The number of amides is 1. The van der Waals surface area contributed by atoms with Crippen LogP contribution in [0.3, 0.4) is 0 Å². The van der Waals surface area contributed by atoms with Crippen molar-refractivity contribution in [2.45, 2.75) is 18.9 Å². The van der Waals surface area contributed by atoms with Crippen molar-refractivity contribution < 1.29 is 14.3 Å². The van der Waals surface area contributed by atoms with Crippen LogP contribution in [0.15, 0.2) is 0 Å². The van der Waals surface area contributed by atoms with Gasteiger partial charge in [-0.1, -0.05) is 0 Å². The number of hydrogen-bond donors (Lipinski definition) is 1. The van der Waals surface area contributed by atoms with Crippen LogP contribution in [-0.2, 0) is 14.3 Å². The molecule has 1 atom stereocenters. The Balaban J connectivity index is 2.31. The van der Waals surface area contributed by atoms with E-state index in [-0.39, 0.29) is 18.5 Å². The molecule has 1 N–H and O–H groups in total. The standard InChI is InChI=1S/C9H16N2O3/c1-11-5-3-4-7(11)9(13)10-6-8(12)14-2/h7H,3-6H2,1-2H3,(H,10,13)/t7-/m0/s1. The monoisotopic (exact) mass is 200 g/mol. The van der Waals surface area contributed by atoms with Gasteiger partial charge in [-0.05, 0) is 26.4 Å². The summed E-state index contributed by atoms with van der Waals surface area (Å²) in [5, 5.41) is 2.55. The third-order valence-electron chi connectivity index (χ3n) is 2.46. The van der Waals surface area contributed by atoms with Crippen LogP contribution in [0.4, 0.5) is 0 Å². The first kappa shape index (κ1) is 11.0. The van der Waals surface area contributed by atoms with Gasteiger partial charge < -0.3 is 10.1 Å². The molecule has 1 aliphatic heterocycles. The predicted octanol–water partition coefficient (Wildman–Crippen LogP) is -0.630. The van der Waals surface area contributed by atoms with Gasteiger partial charge in [0.05, 0.1) is 13.2 Å². The van der Waals surface area contributed by atoms with E-state index in [1.54, 1.807) is 0 Å². The third kappa shape index (κ3) is 2.70. The average molecular weight is 200 g/mol. The zero-order chi connectivity index (χ0) is 10.6. The number of likely N-dealkylation sites (tertiary alicyclic amines) is 1. The van der Waals surface area contributed by atoms with E-state index < -0.39 is 5.97 Å². The summed E-state index contributed by atoms with van der Waals surface area (Å²) in [6.07, 6.45) is 1.90. The zero-order valence-corrected chi connectivity index (χ0v) is 8.58. The van der Waals surface area contributed by atoms with Crippen LogP contribution >= 0.6 is 0 Å². The fourth-order valence-corrected chi connectivity index (χ4v) is 1.59. The highest BCUT2D eigenvalue weighted by Gasteiger charge is 2.27. The minimum Gasteiger partial charge on any atom is -0.468 e. The predicted molar refractivity (Wildman–Crippen MR) is 50.7 cm³/mol. The Morgan fingerprint density at radius 3 is 2.79 bits per heavy atom. The molecule has 5 nitrogen and oxygen atoms in total. The number of nitrogens with one attached hydrogen (secondary N) is 1. The van der Waals surface area contributed by atoms with Gasteiger partial charge in [0.1, 0.15) is 6.54 Å². The van der Waals surface area contributed by atoms with Crippen LogP contribution in [0.1, 0.15) is 12.8 Å². The molecule has 0 aromatic heterocycles. The van der Waals surface area contributed by atoms with Gasteiger partial charge in [0.2, 0.25) is 5.91 Å². The van der Waals surface area contributed by atoms with Gasteiger partial charge in [0.15, 0.2) is 0 Å². The van der Waals surface area contributed by atoms with E-state index in [4.69, 9.17) is 0 Å². The average Bonchev–Trinajstić information content (AvgIpc) is 2.60. The fraction of sp³-hybridized carbons (Fsp3) is 0.778. The lowest BCUT2D eigenvalue weighted by Crippen LogP contribution is -2.43. The van der Waals surface area contributed by atoms with E-state index in [0.29, 0.717) is 0 Å². The molecule has 0 saturated carbocycles. The molecule has 80 valence electrons. The summed E-state index contributed by atoms with van der Waals surface area (Å²) in [7, 11) is 3.21. The molecule has 5 heteroatoms. The number of rotatable bonds is 3. The van der Waals surface area contributed by atoms with Gasteiger partial charge in [-0.25, -0.2) is 0 Å². The Hall–Kier alpha value is -1.10. The molecule has 0 bridgehead atoms. The number of ether oxygens (including phenoxy) is 1. The topological polar surface area (TPSA) is 58.6 Å². The summed E-state index contributed by atoms with van der Waals surface area (Å²) < 4.78 is 4.42. The Labute approximate surface area is 83.4 Å². The minimum absolute atomic E-state index is 0.0420. The Morgan fingerprint density at radius 2 is 2.29 bits per heavy atom. The maximum atomic E-state index is 11.5. The highest BCUT2D eigenvalue weighted by atomic mass is 16.5. The number of likely N-dealkylation sites (N-methyl/N-ethyl adjacent to an activating group) is 1. The van der Waals surface area contributed by atoms with Crippen molar-refractivity contribution in [3.8, 4) is 0 Å². The number of esters is 1. The van der Waals surface area contributed by atoms with Crippen molar-refractivity contribution >= 4 is 11.9 Å². The fourth-order valence-electron chi connectivity index (χ4n) is 1.59. The molecule has 0 aliphatic carbocycles. The van der Waals surface area contributed by atoms with Crippen LogP contribution in [0.2, 0.25) is 0 Å². The van der Waals surface area contributed by atoms with Crippen LogP contribution in [0.5, 0.6) is 0 Å². The van der Waals surface area contributed by atoms with Crippen LogP contribution in [0.25, 0.3) is 0 Å². The quantitative estimate of drug-likeness (QED) is 0.616. The molecule has 0 radical (unpaired) electrons. The van der Waals surface area contributed by atoms with Crippen molar-refractivity contribution in [3.05, 3.63) is 0 Å². The minimum atomic E-state index is -0.418. The molecule has 1 aliphatic rings. The van der Waals surface area contributed by atoms with Crippen molar-refractivity contribution in [2.24, 2.45) is 0 Å². The van der Waals surface area contributed by atoms with Gasteiger partial charge in [-0.2, -0.15) is 0 Å². The number of nitrogens with zero attached hydrogens (tertiary/aromatic N) is 1. The normalized spacial score (nSPS) is 22.0. The summed E-state index contributed by atoms with van der Waals surface area (Å²) in [4.78, 5) is 24.3. The zero-order valence-electron chi connectivity index (χ0n) is 8.58. The Bertz CT molecular complexity index is 230. The molecule has 14 heavy (non-hydrogen) atoms. The molecule has 1 amide bonds. The van der Waals surface area contributed by atoms with E-state index in [9.17, 15) is 9.59 Å². The lowest BCUT2D eigenvalue weighted by Gasteiger charge is -2.17. The smallest absolute Gasteiger partial charge is 0.325 e. The molecule has 1 heterocycles. The van der Waals surface area contributed by atoms with Crippen LogP contribution in [0, 0.1) is 0 Å². The second-order valence-electron chi connectivity index (χ2n) is 3.43. The molecular weight excluding hydrogens is 184 g/mol. The van der Waals surface area contributed by atoms with E-state index in [0.717, 1.165) is 19.4 Å². The molecule has 0 aromatic rings. The number of methoxy groups -OCH3 is 1. The lowest BCUT2D eigenvalue weighted by molar-refractivity contribution is -0.141. The van der Waals surface area contributed by atoms with Gasteiger partial charge >= 0.3 is 5.97 Å². The summed E-state index contributed by atoms with van der Waals surface area (Å²) >= 11 is 0. The van der Waals surface area contributed by atoms with Gasteiger partial charge in [0.25, 0.3) is 0 Å². The molecule has 0 aromatic carbocycles. The van der Waals surface area contributed by atoms with Crippen molar-refractivity contribution in [1.29, 1.82) is 0 Å². The number of hydrogen-bond acceptors (Lipinski definition) is 4. The van der Waals surface area contributed by atoms with Gasteiger partial charge in [-0.3, -0.25) is 14.5 Å². The van der Waals surface area contributed by atoms with Gasteiger partial charge in [0, 0.05) is 0 Å². The van der Waals surface area contributed by atoms with Gasteiger partial charge in [-0.15, -0.1) is 0 Å². The highest BCUT2D eigenvalue weighted by Crippen LogP contribution is 2.14. The van der Waals surface area contributed by atoms with E-state index in [2.05, 4.69) is 10.1 Å². The first-order valence-electron chi connectivity index (χ1n) is 4.70.